The molecule has 5 heteroatoms. The monoisotopic (exact) mass is 329 g/mol. The van der Waals surface area contributed by atoms with Crippen molar-refractivity contribution in [1.29, 1.82) is 0 Å². The average Bonchev–Trinajstić information content (AvgIpc) is 2.47. The molecule has 1 atom stereocenters. The standard InChI is InChI=1S/C18H39N3O2/c1-7-19-17(21-16(2)10-11-18(3,4)5)20-12-8-9-13-23-15-14-22-6/h16H,7-15H2,1-6H3,(H2,19,20,21). The second kappa shape index (κ2) is 13.6. The summed E-state index contributed by atoms with van der Waals surface area (Å²) < 4.78 is 10.4. The number of aliphatic imine (C=N–C) groups is 1. The van der Waals surface area contributed by atoms with Crippen molar-refractivity contribution in [1.82, 2.24) is 10.6 Å². The highest BCUT2D eigenvalue weighted by Gasteiger charge is 2.13. The van der Waals surface area contributed by atoms with Crippen molar-refractivity contribution in [2.75, 3.05) is 40.0 Å². The minimum atomic E-state index is 0.383. The number of unbranched alkanes of at least 4 members (excludes halogenated alkanes) is 1. The molecule has 0 aliphatic heterocycles. The molecule has 0 radical (unpaired) electrons. The number of hydrogen-bond donors (Lipinski definition) is 2. The lowest BCUT2D eigenvalue weighted by molar-refractivity contribution is 0.0690. The molecule has 0 bridgehead atoms. The summed E-state index contributed by atoms with van der Waals surface area (Å²) >= 11 is 0. The van der Waals surface area contributed by atoms with E-state index in [2.05, 4.69) is 50.2 Å². The van der Waals surface area contributed by atoms with Crippen molar-refractivity contribution in [2.24, 2.45) is 10.4 Å². The molecule has 0 amide bonds. The van der Waals surface area contributed by atoms with Crippen molar-refractivity contribution in [3.05, 3.63) is 0 Å². The Morgan fingerprint density at radius 3 is 2.48 bits per heavy atom. The molecule has 0 aromatic carbocycles. The highest BCUT2D eigenvalue weighted by Crippen LogP contribution is 2.21. The van der Waals surface area contributed by atoms with Gasteiger partial charge in [-0.3, -0.25) is 4.99 Å². The maximum Gasteiger partial charge on any atom is 0.191 e. The van der Waals surface area contributed by atoms with Gasteiger partial charge in [0.15, 0.2) is 5.96 Å². The second-order valence-electron chi connectivity index (χ2n) is 7.22. The molecule has 0 aliphatic rings. The van der Waals surface area contributed by atoms with Gasteiger partial charge in [0.25, 0.3) is 0 Å². The first-order valence-corrected chi connectivity index (χ1v) is 9.00. The van der Waals surface area contributed by atoms with Crippen LogP contribution in [0.3, 0.4) is 0 Å². The molecule has 0 saturated carbocycles. The van der Waals surface area contributed by atoms with Crippen molar-refractivity contribution in [3.63, 3.8) is 0 Å². The molecular formula is C18H39N3O2. The Kier molecular flexibility index (Phi) is 13.1. The summed E-state index contributed by atoms with van der Waals surface area (Å²) in [6, 6.07) is 0.435. The number of methoxy groups -OCH3 is 1. The maximum atomic E-state index is 5.45. The van der Waals surface area contributed by atoms with Crippen LogP contribution in [0.15, 0.2) is 4.99 Å². The van der Waals surface area contributed by atoms with Crippen LogP contribution < -0.4 is 10.6 Å². The van der Waals surface area contributed by atoms with Gasteiger partial charge >= 0.3 is 0 Å². The molecule has 0 aromatic rings. The van der Waals surface area contributed by atoms with Gasteiger partial charge in [0.05, 0.1) is 13.2 Å². The van der Waals surface area contributed by atoms with Crippen LogP contribution in [-0.2, 0) is 9.47 Å². The fourth-order valence-electron chi connectivity index (χ4n) is 2.03. The zero-order valence-electron chi connectivity index (χ0n) is 16.2. The summed E-state index contributed by atoms with van der Waals surface area (Å²) in [4.78, 5) is 4.65. The highest BCUT2D eigenvalue weighted by atomic mass is 16.5. The lowest BCUT2D eigenvalue weighted by atomic mass is 9.89. The van der Waals surface area contributed by atoms with Crippen LogP contribution in [0.5, 0.6) is 0 Å². The first-order chi connectivity index (χ1) is 10.9. The topological polar surface area (TPSA) is 54.9 Å². The third kappa shape index (κ3) is 15.8. The average molecular weight is 330 g/mol. The van der Waals surface area contributed by atoms with E-state index in [0.717, 1.165) is 44.9 Å². The van der Waals surface area contributed by atoms with E-state index in [1.807, 2.05) is 0 Å². The molecule has 5 nitrogen and oxygen atoms in total. The Balaban J connectivity index is 3.94. The Labute approximate surface area is 143 Å². The Morgan fingerprint density at radius 1 is 1.13 bits per heavy atom. The molecule has 23 heavy (non-hydrogen) atoms. The fraction of sp³-hybridized carbons (Fsp3) is 0.944. The van der Waals surface area contributed by atoms with Crippen LogP contribution >= 0.6 is 0 Å². The number of nitrogens with zero attached hydrogens (tertiary/aromatic N) is 1. The summed E-state index contributed by atoms with van der Waals surface area (Å²) in [6.45, 7) is 15.0. The number of ether oxygens (including phenoxy) is 2. The predicted molar refractivity (Wildman–Crippen MR) is 99.2 cm³/mol. The van der Waals surface area contributed by atoms with E-state index < -0.39 is 0 Å². The number of nitrogens with one attached hydrogen (secondary N) is 2. The summed E-state index contributed by atoms with van der Waals surface area (Å²) in [5.74, 6) is 0.925. The van der Waals surface area contributed by atoms with Gasteiger partial charge in [0.1, 0.15) is 0 Å². The first kappa shape index (κ1) is 22.2. The van der Waals surface area contributed by atoms with Crippen LogP contribution in [0.1, 0.15) is 60.3 Å². The largest absolute Gasteiger partial charge is 0.382 e. The molecular weight excluding hydrogens is 290 g/mol. The molecule has 0 rings (SSSR count). The minimum absolute atomic E-state index is 0.383. The fourth-order valence-corrected chi connectivity index (χ4v) is 2.03. The zero-order valence-corrected chi connectivity index (χ0v) is 16.2. The lowest BCUT2D eigenvalue weighted by Gasteiger charge is -2.23. The quantitative estimate of drug-likeness (QED) is 0.328. The van der Waals surface area contributed by atoms with Crippen LogP contribution in [-0.4, -0.2) is 52.0 Å². The van der Waals surface area contributed by atoms with Gasteiger partial charge in [-0.15, -0.1) is 0 Å². The molecule has 0 fully saturated rings. The smallest absolute Gasteiger partial charge is 0.191 e. The van der Waals surface area contributed by atoms with E-state index in [0.29, 0.717) is 24.7 Å². The van der Waals surface area contributed by atoms with E-state index in [-0.39, 0.29) is 0 Å². The number of guanidine groups is 1. The molecule has 138 valence electrons. The van der Waals surface area contributed by atoms with E-state index in [1.54, 1.807) is 7.11 Å². The van der Waals surface area contributed by atoms with Crippen molar-refractivity contribution >= 4 is 5.96 Å². The van der Waals surface area contributed by atoms with Gasteiger partial charge in [-0.05, 0) is 44.9 Å². The Hall–Kier alpha value is -0.810. The second-order valence-corrected chi connectivity index (χ2v) is 7.22. The van der Waals surface area contributed by atoms with Crippen LogP contribution in [0.25, 0.3) is 0 Å². The molecule has 1 unspecified atom stereocenters. The van der Waals surface area contributed by atoms with Crippen molar-refractivity contribution in [2.45, 2.75) is 66.3 Å². The maximum absolute atomic E-state index is 5.45. The molecule has 0 spiro atoms. The lowest BCUT2D eigenvalue weighted by Crippen LogP contribution is -2.42. The molecule has 0 saturated heterocycles. The number of hydrogen-bond acceptors (Lipinski definition) is 3. The molecule has 2 N–H and O–H groups in total. The van der Waals surface area contributed by atoms with Gasteiger partial charge < -0.3 is 20.1 Å². The highest BCUT2D eigenvalue weighted by molar-refractivity contribution is 5.79. The van der Waals surface area contributed by atoms with Gasteiger partial charge in [-0.2, -0.15) is 0 Å². The van der Waals surface area contributed by atoms with Crippen molar-refractivity contribution in [3.8, 4) is 0 Å². The van der Waals surface area contributed by atoms with E-state index in [1.165, 1.54) is 6.42 Å². The normalized spacial score (nSPS) is 13.9. The van der Waals surface area contributed by atoms with Gasteiger partial charge in [-0.1, -0.05) is 20.8 Å². The van der Waals surface area contributed by atoms with E-state index in [9.17, 15) is 0 Å². The Morgan fingerprint density at radius 2 is 1.87 bits per heavy atom. The van der Waals surface area contributed by atoms with Crippen molar-refractivity contribution < 1.29 is 9.47 Å². The summed E-state index contributed by atoms with van der Waals surface area (Å²) in [5.41, 5.74) is 0.383. The zero-order chi connectivity index (χ0) is 17.6. The van der Waals surface area contributed by atoms with Gasteiger partial charge in [-0.25, -0.2) is 0 Å². The predicted octanol–water partition coefficient (Wildman–Crippen LogP) is 3.20. The molecule has 0 aromatic heterocycles. The molecule has 0 heterocycles. The summed E-state index contributed by atoms with van der Waals surface area (Å²) in [7, 11) is 1.69. The first-order valence-electron chi connectivity index (χ1n) is 9.00. The Bertz CT molecular complexity index is 301. The van der Waals surface area contributed by atoms with Crippen LogP contribution in [0, 0.1) is 5.41 Å². The third-order valence-electron chi connectivity index (χ3n) is 3.45. The SMILES string of the molecule is CCNC(=NCCCCOCCOC)NC(C)CCC(C)(C)C. The minimum Gasteiger partial charge on any atom is -0.382 e. The van der Waals surface area contributed by atoms with Gasteiger partial charge in [0, 0.05) is 32.8 Å². The van der Waals surface area contributed by atoms with Gasteiger partial charge in [0.2, 0.25) is 0 Å². The third-order valence-corrected chi connectivity index (χ3v) is 3.45. The van der Waals surface area contributed by atoms with E-state index >= 15 is 0 Å². The van der Waals surface area contributed by atoms with E-state index in [4.69, 9.17) is 9.47 Å². The van der Waals surface area contributed by atoms with Crippen LogP contribution in [0.4, 0.5) is 0 Å². The summed E-state index contributed by atoms with van der Waals surface area (Å²) in [5, 5.41) is 6.82. The molecule has 0 aliphatic carbocycles. The number of rotatable bonds is 12. The summed E-state index contributed by atoms with van der Waals surface area (Å²) in [6.07, 6.45) is 4.44. The van der Waals surface area contributed by atoms with Crippen LogP contribution in [0.2, 0.25) is 0 Å².